The third kappa shape index (κ3) is 4.13. The Bertz CT molecular complexity index is 751. The fraction of sp³-hybridized carbons (Fsp3) is 0.333. The molecule has 0 saturated heterocycles. The number of benzene rings is 1. The molecule has 1 aromatic heterocycles. The van der Waals surface area contributed by atoms with E-state index in [0.29, 0.717) is 12.5 Å². The number of hydrogen-bond donors (Lipinski definition) is 0. The van der Waals surface area contributed by atoms with E-state index in [9.17, 15) is 9.18 Å². The van der Waals surface area contributed by atoms with Gasteiger partial charge in [-0.3, -0.25) is 9.78 Å². The highest BCUT2D eigenvalue weighted by Crippen LogP contribution is 2.36. The van der Waals surface area contributed by atoms with E-state index in [1.165, 1.54) is 25.0 Å². The molecule has 25 heavy (non-hydrogen) atoms. The molecule has 2 aromatic rings. The van der Waals surface area contributed by atoms with Crippen LogP contribution in [0.2, 0.25) is 0 Å². The Morgan fingerprint density at radius 1 is 1.28 bits per heavy atom. The zero-order valence-corrected chi connectivity index (χ0v) is 14.7. The van der Waals surface area contributed by atoms with E-state index < -0.39 is 0 Å². The van der Waals surface area contributed by atoms with Crippen molar-refractivity contribution in [3.8, 4) is 0 Å². The van der Waals surface area contributed by atoms with Crippen LogP contribution in [0.15, 0.2) is 60.4 Å². The molecule has 1 aromatic carbocycles. The number of carbonyl (C=O) groups excluding carboxylic acids is 1. The Kier molecular flexibility index (Phi) is 5.27. The zero-order valence-electron chi connectivity index (χ0n) is 14.7. The zero-order chi connectivity index (χ0) is 17.8. The summed E-state index contributed by atoms with van der Waals surface area (Å²) < 4.78 is 13.4. The third-order valence-electron chi connectivity index (χ3n) is 4.69. The van der Waals surface area contributed by atoms with Gasteiger partial charge in [-0.25, -0.2) is 4.39 Å². The molecule has 3 rings (SSSR count). The van der Waals surface area contributed by atoms with Crippen molar-refractivity contribution >= 4 is 5.91 Å². The Morgan fingerprint density at radius 2 is 2.00 bits per heavy atom. The molecular weight excluding hydrogens is 315 g/mol. The number of likely N-dealkylation sites (N-methyl/N-ethyl adjacent to an activating group) is 1. The number of pyridine rings is 1. The molecular formula is C21H23FN2O. The number of nitrogens with zero attached hydrogens (tertiary/aromatic N) is 2. The van der Waals surface area contributed by atoms with Gasteiger partial charge in [-0.15, -0.1) is 0 Å². The van der Waals surface area contributed by atoms with Gasteiger partial charge < -0.3 is 4.90 Å². The number of carbonyl (C=O) groups is 1. The first-order valence-corrected chi connectivity index (χ1v) is 8.74. The maximum Gasteiger partial charge on any atom is 0.247 e. The van der Waals surface area contributed by atoms with Gasteiger partial charge in [0.05, 0.1) is 6.04 Å². The Morgan fingerprint density at radius 3 is 2.56 bits per heavy atom. The van der Waals surface area contributed by atoms with E-state index in [2.05, 4.69) is 4.98 Å². The highest BCUT2D eigenvalue weighted by atomic mass is 19.1. The van der Waals surface area contributed by atoms with Crippen molar-refractivity contribution in [1.82, 2.24) is 9.88 Å². The first kappa shape index (κ1) is 17.3. The molecule has 0 unspecified atom stereocenters. The Balaban J connectivity index is 1.98. The number of halogens is 1. The van der Waals surface area contributed by atoms with Crippen LogP contribution in [0.3, 0.4) is 0 Å². The lowest BCUT2D eigenvalue weighted by Gasteiger charge is -2.31. The number of amides is 1. The van der Waals surface area contributed by atoms with Crippen molar-refractivity contribution in [3.05, 3.63) is 77.4 Å². The van der Waals surface area contributed by atoms with Crippen LogP contribution in [0.25, 0.3) is 0 Å². The first-order valence-electron chi connectivity index (χ1n) is 8.74. The fourth-order valence-corrected chi connectivity index (χ4v) is 3.13. The molecule has 130 valence electrons. The maximum absolute atomic E-state index is 13.4. The van der Waals surface area contributed by atoms with Gasteiger partial charge in [0.25, 0.3) is 0 Å². The van der Waals surface area contributed by atoms with Crippen molar-refractivity contribution in [2.75, 3.05) is 6.54 Å². The molecule has 3 nitrogen and oxygen atoms in total. The number of hydrogen-bond acceptors (Lipinski definition) is 2. The van der Waals surface area contributed by atoms with Crippen LogP contribution in [0.5, 0.6) is 0 Å². The summed E-state index contributed by atoms with van der Waals surface area (Å²) in [7, 11) is 0. The van der Waals surface area contributed by atoms with Crippen LogP contribution in [-0.2, 0) is 4.79 Å². The minimum Gasteiger partial charge on any atom is -0.328 e. The molecule has 0 radical (unpaired) electrons. The Hall–Kier alpha value is -2.49. The molecule has 1 fully saturated rings. The molecule has 1 atom stereocenters. The van der Waals surface area contributed by atoms with Gasteiger partial charge >= 0.3 is 0 Å². The minimum absolute atomic E-state index is 0.00919. The molecule has 0 aliphatic heterocycles. The van der Waals surface area contributed by atoms with E-state index in [0.717, 1.165) is 16.7 Å². The summed E-state index contributed by atoms with van der Waals surface area (Å²) in [5.41, 5.74) is 2.94. The standard InChI is InChI=1S/C21H23FN2O/c1-3-24(20(25)13-15(2)16-6-7-16)21(18-5-4-12-23-14-18)17-8-10-19(22)11-9-17/h4-5,8-14,16,21H,3,6-7H2,1-2H3/b15-13+/t21-/m0/s1. The van der Waals surface area contributed by atoms with Crippen LogP contribution in [0.4, 0.5) is 4.39 Å². The second-order valence-electron chi connectivity index (χ2n) is 6.53. The highest BCUT2D eigenvalue weighted by molar-refractivity contribution is 5.89. The van der Waals surface area contributed by atoms with E-state index >= 15 is 0 Å². The predicted molar refractivity (Wildman–Crippen MR) is 96.3 cm³/mol. The number of allylic oxidation sites excluding steroid dienone is 1. The minimum atomic E-state index is -0.285. The topological polar surface area (TPSA) is 33.2 Å². The van der Waals surface area contributed by atoms with E-state index in [4.69, 9.17) is 0 Å². The van der Waals surface area contributed by atoms with Crippen molar-refractivity contribution in [2.24, 2.45) is 5.92 Å². The van der Waals surface area contributed by atoms with Gasteiger partial charge in [-0.1, -0.05) is 23.8 Å². The summed E-state index contributed by atoms with van der Waals surface area (Å²) >= 11 is 0. The molecule has 1 amide bonds. The normalized spacial score (nSPS) is 15.7. The summed E-state index contributed by atoms with van der Waals surface area (Å²) in [5.74, 6) is 0.267. The predicted octanol–water partition coefficient (Wildman–Crippen LogP) is 4.51. The molecule has 1 saturated carbocycles. The van der Waals surface area contributed by atoms with Gasteiger partial charge in [0.1, 0.15) is 5.82 Å². The lowest BCUT2D eigenvalue weighted by Crippen LogP contribution is -2.34. The van der Waals surface area contributed by atoms with Gasteiger partial charge in [0.2, 0.25) is 5.91 Å². The fourth-order valence-electron chi connectivity index (χ4n) is 3.13. The van der Waals surface area contributed by atoms with E-state index in [1.54, 1.807) is 30.6 Å². The van der Waals surface area contributed by atoms with E-state index in [1.807, 2.05) is 30.9 Å². The average molecular weight is 338 g/mol. The number of rotatable bonds is 6. The quantitative estimate of drug-likeness (QED) is 0.726. The summed E-state index contributed by atoms with van der Waals surface area (Å²) in [6, 6.07) is 9.87. The summed E-state index contributed by atoms with van der Waals surface area (Å²) in [6.07, 6.45) is 7.58. The first-order chi connectivity index (χ1) is 12.1. The highest BCUT2D eigenvalue weighted by Gasteiger charge is 2.27. The maximum atomic E-state index is 13.4. The second kappa shape index (κ2) is 7.60. The van der Waals surface area contributed by atoms with Crippen molar-refractivity contribution < 1.29 is 9.18 Å². The van der Waals surface area contributed by atoms with Gasteiger partial charge in [0, 0.05) is 25.0 Å². The lowest BCUT2D eigenvalue weighted by molar-refractivity contribution is -0.127. The van der Waals surface area contributed by atoms with Crippen LogP contribution in [-0.4, -0.2) is 22.3 Å². The van der Waals surface area contributed by atoms with Crippen LogP contribution in [0, 0.1) is 11.7 Å². The molecule has 0 N–H and O–H groups in total. The molecule has 1 aliphatic carbocycles. The van der Waals surface area contributed by atoms with Crippen LogP contribution >= 0.6 is 0 Å². The van der Waals surface area contributed by atoms with Gasteiger partial charge in [-0.05, 0) is 61.9 Å². The third-order valence-corrected chi connectivity index (χ3v) is 4.69. The lowest BCUT2D eigenvalue weighted by atomic mass is 9.98. The summed E-state index contributed by atoms with van der Waals surface area (Å²) in [6.45, 7) is 4.55. The van der Waals surface area contributed by atoms with Crippen molar-refractivity contribution in [2.45, 2.75) is 32.7 Å². The second-order valence-corrected chi connectivity index (χ2v) is 6.53. The largest absolute Gasteiger partial charge is 0.328 e. The summed E-state index contributed by atoms with van der Waals surface area (Å²) in [5, 5.41) is 0. The molecule has 4 heteroatoms. The van der Waals surface area contributed by atoms with Gasteiger partial charge in [-0.2, -0.15) is 0 Å². The smallest absolute Gasteiger partial charge is 0.247 e. The molecule has 1 aliphatic rings. The van der Waals surface area contributed by atoms with Crippen LogP contribution < -0.4 is 0 Å². The Labute approximate surface area is 148 Å². The van der Waals surface area contributed by atoms with Crippen LogP contribution in [0.1, 0.15) is 43.9 Å². The average Bonchev–Trinajstić information content (AvgIpc) is 3.46. The van der Waals surface area contributed by atoms with Gasteiger partial charge in [0.15, 0.2) is 0 Å². The monoisotopic (exact) mass is 338 g/mol. The SMILES string of the molecule is CCN(C(=O)/C=C(\C)C1CC1)[C@@H](c1ccc(F)cc1)c1cccnc1. The van der Waals surface area contributed by atoms with Crippen molar-refractivity contribution in [1.29, 1.82) is 0 Å². The number of aromatic nitrogens is 1. The summed E-state index contributed by atoms with van der Waals surface area (Å²) in [4.78, 5) is 18.9. The molecule has 0 spiro atoms. The molecule has 0 bridgehead atoms. The van der Waals surface area contributed by atoms with E-state index in [-0.39, 0.29) is 17.8 Å². The molecule has 1 heterocycles. The van der Waals surface area contributed by atoms with Crippen molar-refractivity contribution in [3.63, 3.8) is 0 Å².